The van der Waals surface area contributed by atoms with E-state index in [9.17, 15) is 5.11 Å². The van der Waals surface area contributed by atoms with Crippen LogP contribution >= 0.6 is 0 Å². The molecule has 2 saturated carbocycles. The van der Waals surface area contributed by atoms with Crippen molar-refractivity contribution < 1.29 is 19.3 Å². The Balaban J connectivity index is 0.995. The van der Waals surface area contributed by atoms with E-state index >= 15 is 0 Å². The van der Waals surface area contributed by atoms with Gasteiger partial charge >= 0.3 is 0 Å². The first-order chi connectivity index (χ1) is 20.9. The highest BCUT2D eigenvalue weighted by Gasteiger charge is 2.46. The number of fused-ring (bicyclic) bond motifs is 1. The topological polar surface area (TPSA) is 75.2 Å². The van der Waals surface area contributed by atoms with Crippen LogP contribution in [0.1, 0.15) is 111 Å². The number of allylic oxidation sites excluding steroid dienone is 2. The summed E-state index contributed by atoms with van der Waals surface area (Å²) in [6.45, 7) is 11.2. The second-order valence-electron chi connectivity index (χ2n) is 14.9. The van der Waals surface area contributed by atoms with Crippen molar-refractivity contribution in [3.8, 4) is 0 Å². The number of piperidine rings is 1. The predicted molar refractivity (Wildman–Crippen MR) is 174 cm³/mol. The fourth-order valence-corrected chi connectivity index (χ4v) is 9.01. The molecule has 5 fully saturated rings. The van der Waals surface area contributed by atoms with Gasteiger partial charge in [0.2, 0.25) is 0 Å². The van der Waals surface area contributed by atoms with Gasteiger partial charge in [0.1, 0.15) is 0 Å². The van der Waals surface area contributed by atoms with Crippen molar-refractivity contribution in [1.29, 1.82) is 0 Å². The third-order valence-corrected chi connectivity index (χ3v) is 11.7. The van der Waals surface area contributed by atoms with Gasteiger partial charge in [-0.15, -0.1) is 0 Å². The fraction of sp³-hybridized carbons (Fsp3) is 0.944. The van der Waals surface area contributed by atoms with Crippen LogP contribution in [0.4, 0.5) is 0 Å². The Bertz CT molecular complexity index is 827. The van der Waals surface area contributed by atoms with Gasteiger partial charge in [-0.3, -0.25) is 5.32 Å². The standard InChI is InChI=1S/C36H65N3O4/c1-5-6-19-39-20-16-28(17-21-39)11-10-27-12-14-29(15-13-27)36-42-25(2)23-31(43-36)24-30(40)18-22-41-33-9-7-8-32-26(3)38-35(37-4)34(32)33/h10-11,25-38,40H,5-9,12-24H2,1-4H3/b11-10+. The maximum absolute atomic E-state index is 11.0. The van der Waals surface area contributed by atoms with E-state index in [4.69, 9.17) is 14.2 Å². The number of hydrogen-bond donors (Lipinski definition) is 3. The van der Waals surface area contributed by atoms with E-state index in [0.717, 1.165) is 18.8 Å². The summed E-state index contributed by atoms with van der Waals surface area (Å²) < 4.78 is 19.3. The molecule has 9 atom stereocenters. The minimum atomic E-state index is -0.393. The summed E-state index contributed by atoms with van der Waals surface area (Å²) in [5.41, 5.74) is 0. The second-order valence-corrected chi connectivity index (χ2v) is 14.9. The molecule has 3 saturated heterocycles. The van der Waals surface area contributed by atoms with E-state index in [1.165, 1.54) is 83.8 Å². The minimum Gasteiger partial charge on any atom is -0.393 e. The summed E-state index contributed by atoms with van der Waals surface area (Å²) in [5.74, 6) is 3.15. The molecule has 0 bridgehead atoms. The third kappa shape index (κ3) is 9.49. The molecule has 9 unspecified atom stereocenters. The molecule has 5 aliphatic rings. The predicted octanol–water partition coefficient (Wildman–Crippen LogP) is 5.86. The van der Waals surface area contributed by atoms with Crippen molar-refractivity contribution in [2.24, 2.45) is 29.6 Å². The summed E-state index contributed by atoms with van der Waals surface area (Å²) >= 11 is 0. The molecule has 0 radical (unpaired) electrons. The van der Waals surface area contributed by atoms with Gasteiger partial charge in [-0.1, -0.05) is 31.9 Å². The number of nitrogens with one attached hydrogen (secondary N) is 2. The quantitative estimate of drug-likeness (QED) is 0.228. The van der Waals surface area contributed by atoms with Crippen LogP contribution in [-0.2, 0) is 14.2 Å². The molecule has 3 N–H and O–H groups in total. The Morgan fingerprint density at radius 3 is 2.47 bits per heavy atom. The van der Waals surface area contributed by atoms with Crippen LogP contribution in [0.2, 0.25) is 0 Å². The number of unbranched alkanes of at least 4 members (excludes halogenated alkanes) is 1. The molecule has 0 aromatic heterocycles. The summed E-state index contributed by atoms with van der Waals surface area (Å²) in [6, 6.07) is 0.537. The van der Waals surface area contributed by atoms with E-state index < -0.39 is 6.10 Å². The van der Waals surface area contributed by atoms with Crippen molar-refractivity contribution in [3.63, 3.8) is 0 Å². The zero-order valence-electron chi connectivity index (χ0n) is 27.9. The van der Waals surface area contributed by atoms with E-state index in [1.807, 2.05) is 7.05 Å². The lowest BCUT2D eigenvalue weighted by atomic mass is 9.76. The highest BCUT2D eigenvalue weighted by atomic mass is 16.7. The monoisotopic (exact) mass is 603 g/mol. The number of rotatable bonds is 13. The Morgan fingerprint density at radius 1 is 1.00 bits per heavy atom. The van der Waals surface area contributed by atoms with Gasteiger partial charge in [-0.25, -0.2) is 0 Å². The average Bonchev–Trinajstić information content (AvgIpc) is 3.35. The number of aliphatic hydroxyl groups is 1. The molecule has 43 heavy (non-hydrogen) atoms. The van der Waals surface area contributed by atoms with E-state index in [-0.39, 0.29) is 24.6 Å². The Labute approximate surface area is 263 Å². The summed E-state index contributed by atoms with van der Waals surface area (Å²) in [7, 11) is 2.05. The maximum Gasteiger partial charge on any atom is 0.161 e. The zero-order chi connectivity index (χ0) is 30.2. The lowest BCUT2D eigenvalue weighted by Crippen LogP contribution is -2.46. The number of hydrogen-bond acceptors (Lipinski definition) is 7. The molecule has 248 valence electrons. The Morgan fingerprint density at radius 2 is 1.74 bits per heavy atom. The average molecular weight is 604 g/mol. The molecule has 0 spiro atoms. The van der Waals surface area contributed by atoms with Gasteiger partial charge < -0.3 is 29.5 Å². The van der Waals surface area contributed by atoms with Gasteiger partial charge in [-0.05, 0) is 135 Å². The molecule has 0 aromatic carbocycles. The van der Waals surface area contributed by atoms with Gasteiger partial charge in [-0.2, -0.15) is 0 Å². The second kappa shape index (κ2) is 16.9. The minimum absolute atomic E-state index is 0.0668. The van der Waals surface area contributed by atoms with Crippen LogP contribution in [0.25, 0.3) is 0 Å². The van der Waals surface area contributed by atoms with Crippen LogP contribution in [-0.4, -0.2) is 86.2 Å². The van der Waals surface area contributed by atoms with E-state index in [2.05, 4.69) is 48.5 Å². The summed E-state index contributed by atoms with van der Waals surface area (Å²) in [4.78, 5) is 2.66. The van der Waals surface area contributed by atoms with Crippen LogP contribution in [0.3, 0.4) is 0 Å². The number of aliphatic hydroxyl groups excluding tert-OH is 1. The molecule has 3 heterocycles. The van der Waals surface area contributed by atoms with Gasteiger partial charge in [0.25, 0.3) is 0 Å². The number of ether oxygens (including phenoxy) is 3. The molecule has 0 aromatic rings. The normalized spacial score (nSPS) is 40.6. The Hall–Kier alpha value is -0.540. The van der Waals surface area contributed by atoms with Gasteiger partial charge in [0.05, 0.1) is 30.6 Å². The molecular formula is C36H65N3O4. The molecule has 7 heteroatoms. The van der Waals surface area contributed by atoms with Crippen molar-refractivity contribution >= 4 is 0 Å². The van der Waals surface area contributed by atoms with Crippen molar-refractivity contribution in [1.82, 2.24) is 15.5 Å². The van der Waals surface area contributed by atoms with Crippen LogP contribution in [0, 0.1) is 29.6 Å². The summed E-state index contributed by atoms with van der Waals surface area (Å²) in [5, 5.41) is 18.1. The highest BCUT2D eigenvalue weighted by Crippen LogP contribution is 2.40. The zero-order valence-corrected chi connectivity index (χ0v) is 27.9. The molecule has 7 nitrogen and oxygen atoms in total. The maximum atomic E-state index is 11.0. The first-order valence-electron chi connectivity index (χ1n) is 18.4. The van der Waals surface area contributed by atoms with Crippen LogP contribution in [0.5, 0.6) is 0 Å². The van der Waals surface area contributed by atoms with Crippen molar-refractivity contribution in [2.45, 2.75) is 154 Å². The van der Waals surface area contributed by atoms with Crippen molar-refractivity contribution in [3.05, 3.63) is 12.2 Å². The molecular weight excluding hydrogens is 538 g/mol. The Kier molecular flexibility index (Phi) is 13.3. The lowest BCUT2D eigenvalue weighted by molar-refractivity contribution is -0.267. The SMILES string of the molecule is CCCCN1CCC(/C=C/C2CCC(C3OC(C)CC(CC(O)CCOC4CCCC5C(C)NC(NC)C45)O3)CC2)CC1. The molecule has 0 amide bonds. The molecule has 5 rings (SSSR count). The van der Waals surface area contributed by atoms with Crippen LogP contribution < -0.4 is 10.6 Å². The van der Waals surface area contributed by atoms with Crippen LogP contribution in [0.15, 0.2) is 12.2 Å². The fourth-order valence-electron chi connectivity index (χ4n) is 9.01. The molecule has 3 aliphatic heterocycles. The van der Waals surface area contributed by atoms with Gasteiger partial charge in [0.15, 0.2) is 6.29 Å². The first kappa shape index (κ1) is 33.8. The van der Waals surface area contributed by atoms with Gasteiger partial charge in [0, 0.05) is 24.5 Å². The summed E-state index contributed by atoms with van der Waals surface area (Å²) in [6.07, 6.45) is 21.4. The van der Waals surface area contributed by atoms with E-state index in [1.54, 1.807) is 0 Å². The number of nitrogens with zero attached hydrogens (tertiary/aromatic N) is 1. The third-order valence-electron chi connectivity index (χ3n) is 11.7. The van der Waals surface area contributed by atoms with Crippen molar-refractivity contribution in [2.75, 3.05) is 33.3 Å². The smallest absolute Gasteiger partial charge is 0.161 e. The highest BCUT2D eigenvalue weighted by molar-refractivity contribution is 5.00. The largest absolute Gasteiger partial charge is 0.393 e. The molecule has 2 aliphatic carbocycles. The lowest BCUT2D eigenvalue weighted by Gasteiger charge is -2.41. The van der Waals surface area contributed by atoms with E-state index in [0.29, 0.717) is 55.3 Å². The number of likely N-dealkylation sites (tertiary alicyclic amines) is 1. The first-order valence-corrected chi connectivity index (χ1v) is 18.4.